The van der Waals surface area contributed by atoms with Crippen LogP contribution in [0.1, 0.15) is 11.3 Å². The van der Waals surface area contributed by atoms with E-state index in [1.807, 2.05) is 0 Å². The molecule has 0 amide bonds. The van der Waals surface area contributed by atoms with Crippen LogP contribution in [0.25, 0.3) is 0 Å². The Hall–Kier alpha value is -1.53. The zero-order chi connectivity index (χ0) is 14.9. The second-order valence-electron chi connectivity index (χ2n) is 3.82. The molecular formula is C12H7Cl2F3N2O. The first-order valence-corrected chi connectivity index (χ1v) is 6.06. The van der Waals surface area contributed by atoms with Crippen molar-refractivity contribution in [3.8, 4) is 11.6 Å². The maximum absolute atomic E-state index is 12.5. The summed E-state index contributed by atoms with van der Waals surface area (Å²) in [6.07, 6.45) is -2.40. The third-order valence-electron chi connectivity index (χ3n) is 2.37. The second kappa shape index (κ2) is 5.46. The van der Waals surface area contributed by atoms with E-state index in [-0.39, 0.29) is 21.7 Å². The fourth-order valence-corrected chi connectivity index (χ4v) is 1.83. The van der Waals surface area contributed by atoms with E-state index in [0.29, 0.717) is 11.9 Å². The van der Waals surface area contributed by atoms with Gasteiger partial charge in [-0.05, 0) is 19.1 Å². The number of halogens is 5. The highest BCUT2D eigenvalue weighted by Gasteiger charge is 2.31. The molecule has 0 unspecified atom stereocenters. The normalized spacial score (nSPS) is 11.5. The van der Waals surface area contributed by atoms with Crippen molar-refractivity contribution in [3.63, 3.8) is 0 Å². The Balaban J connectivity index is 2.36. The summed E-state index contributed by atoms with van der Waals surface area (Å²) in [6.45, 7) is 1.64. The van der Waals surface area contributed by atoms with E-state index in [4.69, 9.17) is 27.9 Å². The largest absolute Gasteiger partial charge is 0.434 e. The van der Waals surface area contributed by atoms with Crippen molar-refractivity contribution in [1.82, 2.24) is 9.97 Å². The number of aromatic nitrogens is 2. The van der Waals surface area contributed by atoms with Crippen LogP contribution < -0.4 is 4.74 Å². The van der Waals surface area contributed by atoms with Gasteiger partial charge in [-0.15, -0.1) is 0 Å². The average Bonchev–Trinajstić information content (AvgIpc) is 2.34. The molecule has 0 aromatic carbocycles. The number of rotatable bonds is 2. The maximum Gasteiger partial charge on any atom is 0.417 e. The summed E-state index contributed by atoms with van der Waals surface area (Å²) in [4.78, 5) is 7.52. The molecule has 0 spiro atoms. The van der Waals surface area contributed by atoms with Crippen molar-refractivity contribution in [2.75, 3.05) is 0 Å². The van der Waals surface area contributed by atoms with E-state index in [1.54, 1.807) is 6.92 Å². The molecule has 2 aromatic rings. The number of aryl methyl sites for hydroxylation is 1. The Morgan fingerprint density at radius 3 is 2.40 bits per heavy atom. The maximum atomic E-state index is 12.5. The Labute approximate surface area is 122 Å². The summed E-state index contributed by atoms with van der Waals surface area (Å²) in [7, 11) is 0. The van der Waals surface area contributed by atoms with E-state index in [9.17, 15) is 13.2 Å². The first-order chi connectivity index (χ1) is 9.29. The smallest absolute Gasteiger partial charge is 0.417 e. The van der Waals surface area contributed by atoms with Gasteiger partial charge in [0.1, 0.15) is 5.02 Å². The number of pyridine rings is 2. The highest BCUT2D eigenvalue weighted by atomic mass is 35.5. The van der Waals surface area contributed by atoms with Crippen LogP contribution in [0.4, 0.5) is 13.2 Å². The Bertz CT molecular complexity index is 627. The molecule has 0 aliphatic carbocycles. The van der Waals surface area contributed by atoms with Crippen molar-refractivity contribution in [3.05, 3.63) is 45.8 Å². The average molecular weight is 323 g/mol. The lowest BCUT2D eigenvalue weighted by molar-refractivity contribution is -0.137. The number of hydrogen-bond acceptors (Lipinski definition) is 3. The summed E-state index contributed by atoms with van der Waals surface area (Å²) in [5.74, 6) is 0.0287. The van der Waals surface area contributed by atoms with Crippen LogP contribution in [-0.4, -0.2) is 9.97 Å². The van der Waals surface area contributed by atoms with Crippen LogP contribution in [-0.2, 0) is 6.18 Å². The quantitative estimate of drug-likeness (QED) is 0.788. The molecule has 0 N–H and O–H groups in total. The molecule has 0 aliphatic heterocycles. The van der Waals surface area contributed by atoms with Crippen LogP contribution >= 0.6 is 23.2 Å². The highest BCUT2D eigenvalue weighted by Crippen LogP contribution is 2.36. The summed E-state index contributed by atoms with van der Waals surface area (Å²) < 4.78 is 42.8. The van der Waals surface area contributed by atoms with E-state index in [1.165, 1.54) is 12.3 Å². The zero-order valence-corrected chi connectivity index (χ0v) is 11.5. The second-order valence-corrected chi connectivity index (χ2v) is 4.63. The van der Waals surface area contributed by atoms with Gasteiger partial charge in [-0.3, -0.25) is 4.98 Å². The molecular weight excluding hydrogens is 316 g/mol. The fourth-order valence-electron chi connectivity index (χ4n) is 1.40. The van der Waals surface area contributed by atoms with Gasteiger partial charge in [-0.25, -0.2) is 4.98 Å². The molecule has 0 atom stereocenters. The van der Waals surface area contributed by atoms with Crippen LogP contribution in [0.3, 0.4) is 0 Å². The highest BCUT2D eigenvalue weighted by molar-refractivity contribution is 6.32. The molecule has 2 aromatic heterocycles. The summed E-state index contributed by atoms with van der Waals surface area (Å²) in [5.41, 5.74) is -0.487. The van der Waals surface area contributed by atoms with Gasteiger partial charge in [-0.1, -0.05) is 23.2 Å². The molecule has 0 fully saturated rings. The van der Waals surface area contributed by atoms with Crippen LogP contribution in [0, 0.1) is 6.92 Å². The third-order valence-corrected chi connectivity index (χ3v) is 2.94. The van der Waals surface area contributed by atoms with Gasteiger partial charge in [-0.2, -0.15) is 13.2 Å². The molecule has 8 heteroatoms. The molecule has 0 bridgehead atoms. The number of hydrogen-bond donors (Lipinski definition) is 0. The molecule has 0 aliphatic rings. The van der Waals surface area contributed by atoms with Crippen molar-refractivity contribution >= 4 is 23.2 Å². The van der Waals surface area contributed by atoms with Gasteiger partial charge in [0.25, 0.3) is 0 Å². The number of alkyl halides is 3. The lowest BCUT2D eigenvalue weighted by Gasteiger charge is -2.11. The van der Waals surface area contributed by atoms with Gasteiger partial charge >= 0.3 is 6.18 Å². The van der Waals surface area contributed by atoms with Crippen molar-refractivity contribution in [2.24, 2.45) is 0 Å². The molecule has 2 rings (SSSR count). The van der Waals surface area contributed by atoms with E-state index in [2.05, 4.69) is 9.97 Å². The first kappa shape index (κ1) is 14.9. The lowest BCUT2D eigenvalue weighted by atomic mass is 10.3. The van der Waals surface area contributed by atoms with Crippen LogP contribution in [0.15, 0.2) is 24.5 Å². The number of nitrogens with zero attached hydrogens (tertiary/aromatic N) is 2. The third kappa shape index (κ3) is 3.13. The standard InChI is InChI=1S/C12H7Cl2F3N2O/c1-6-10(8(13)2-3-18-6)20-11-9(14)4-7(5-19-11)12(15,16)17/h2-5H,1H3. The van der Waals surface area contributed by atoms with Crippen molar-refractivity contribution < 1.29 is 17.9 Å². The van der Waals surface area contributed by atoms with Crippen LogP contribution in [0.2, 0.25) is 10.0 Å². The van der Waals surface area contributed by atoms with Gasteiger partial charge < -0.3 is 4.74 Å². The molecule has 0 saturated carbocycles. The lowest BCUT2D eigenvalue weighted by Crippen LogP contribution is -2.06. The fraction of sp³-hybridized carbons (Fsp3) is 0.167. The molecule has 20 heavy (non-hydrogen) atoms. The first-order valence-electron chi connectivity index (χ1n) is 5.30. The van der Waals surface area contributed by atoms with E-state index < -0.39 is 11.7 Å². The minimum absolute atomic E-state index is 0.169. The monoisotopic (exact) mass is 322 g/mol. The van der Waals surface area contributed by atoms with Gasteiger partial charge in [0.2, 0.25) is 5.88 Å². The predicted molar refractivity (Wildman–Crippen MR) is 68.3 cm³/mol. The van der Waals surface area contributed by atoms with Crippen molar-refractivity contribution in [2.45, 2.75) is 13.1 Å². The Morgan fingerprint density at radius 1 is 1.15 bits per heavy atom. The van der Waals surface area contributed by atoms with Gasteiger partial charge in [0, 0.05) is 12.4 Å². The Kier molecular flexibility index (Phi) is 4.06. The summed E-state index contributed by atoms with van der Waals surface area (Å²) in [6, 6.07) is 2.23. The van der Waals surface area contributed by atoms with Crippen LogP contribution in [0.5, 0.6) is 11.6 Å². The molecule has 0 saturated heterocycles. The summed E-state index contributed by atoms with van der Waals surface area (Å²) in [5, 5.41) is -0.00518. The van der Waals surface area contributed by atoms with E-state index in [0.717, 1.165) is 6.07 Å². The zero-order valence-electron chi connectivity index (χ0n) is 10.0. The molecule has 3 nitrogen and oxygen atoms in total. The predicted octanol–water partition coefficient (Wildman–Crippen LogP) is 4.90. The Morgan fingerprint density at radius 2 is 1.85 bits per heavy atom. The van der Waals surface area contributed by atoms with Gasteiger partial charge in [0.05, 0.1) is 16.3 Å². The van der Waals surface area contributed by atoms with Crippen molar-refractivity contribution in [1.29, 1.82) is 0 Å². The molecule has 2 heterocycles. The minimum Gasteiger partial charge on any atom is -0.434 e. The van der Waals surface area contributed by atoms with Gasteiger partial charge in [0.15, 0.2) is 5.75 Å². The SMILES string of the molecule is Cc1nccc(Cl)c1Oc1ncc(C(F)(F)F)cc1Cl. The molecule has 106 valence electrons. The number of ether oxygens (including phenoxy) is 1. The van der Waals surface area contributed by atoms with E-state index >= 15 is 0 Å². The minimum atomic E-state index is -4.52. The summed E-state index contributed by atoms with van der Waals surface area (Å²) >= 11 is 11.7. The topological polar surface area (TPSA) is 35.0 Å². The molecule has 0 radical (unpaired) electrons.